The third-order valence-corrected chi connectivity index (χ3v) is 4.79. The lowest BCUT2D eigenvalue weighted by Crippen LogP contribution is -2.30. The molecule has 0 saturated carbocycles. The maximum atomic E-state index is 12.8. The van der Waals surface area contributed by atoms with Crippen molar-refractivity contribution in [2.24, 2.45) is 10.4 Å². The van der Waals surface area contributed by atoms with E-state index in [0.717, 1.165) is 16.3 Å². The molecule has 3 rings (SSSR count). The molecule has 0 spiro atoms. The minimum atomic E-state index is -0.215. The van der Waals surface area contributed by atoms with Crippen LogP contribution in [-0.2, 0) is 11.2 Å². The van der Waals surface area contributed by atoms with Crippen LogP contribution in [0.25, 0.3) is 10.8 Å². The maximum absolute atomic E-state index is 12.8. The second-order valence-electron chi connectivity index (χ2n) is 7.65. The van der Waals surface area contributed by atoms with Crippen LogP contribution < -0.4 is 0 Å². The third-order valence-electron chi connectivity index (χ3n) is 4.79. The third kappa shape index (κ3) is 3.77. The monoisotopic (exact) mass is 347 g/mol. The topological polar surface area (TPSA) is 49.7 Å². The molecule has 2 aromatic rings. The fourth-order valence-corrected chi connectivity index (χ4v) is 3.64. The molecular weight excluding hydrogens is 322 g/mol. The Labute approximate surface area is 154 Å². The molecule has 0 saturated heterocycles. The smallest absolute Gasteiger partial charge is 0.168 e. The Morgan fingerprint density at radius 2 is 1.92 bits per heavy atom. The van der Waals surface area contributed by atoms with Crippen molar-refractivity contribution in [2.45, 2.75) is 33.1 Å². The Morgan fingerprint density at radius 3 is 2.65 bits per heavy atom. The fraction of sp³-hybridized carbons (Fsp3) is 0.304. The Bertz CT molecular complexity index is 913. The largest absolute Gasteiger partial charge is 0.511 e. The van der Waals surface area contributed by atoms with Gasteiger partial charge in [-0.1, -0.05) is 62.4 Å². The van der Waals surface area contributed by atoms with Crippen molar-refractivity contribution in [2.75, 3.05) is 6.54 Å². The summed E-state index contributed by atoms with van der Waals surface area (Å²) in [6.45, 7) is 8.16. The van der Waals surface area contributed by atoms with Crippen LogP contribution in [0.3, 0.4) is 0 Å². The van der Waals surface area contributed by atoms with E-state index >= 15 is 0 Å². The molecule has 134 valence electrons. The first-order valence-electron chi connectivity index (χ1n) is 8.98. The summed E-state index contributed by atoms with van der Waals surface area (Å²) < 4.78 is 0. The number of nitrogens with zero attached hydrogens (tertiary/aromatic N) is 1. The number of fused-ring (bicyclic) bond motifs is 1. The molecule has 1 N–H and O–H groups in total. The van der Waals surface area contributed by atoms with Gasteiger partial charge in [0.2, 0.25) is 0 Å². The molecule has 0 fully saturated rings. The predicted molar refractivity (Wildman–Crippen MR) is 108 cm³/mol. The van der Waals surface area contributed by atoms with E-state index < -0.39 is 0 Å². The standard InChI is InChI=1S/C23H25NO2/c1-4-12-24-19(22-20(25)14-23(2,3)15-21(22)26)13-17-10-7-9-16-8-5-6-11-18(16)17/h4-11,25H,1,12-15H2,2-3H3. The predicted octanol–water partition coefficient (Wildman–Crippen LogP) is 5.21. The molecule has 1 aliphatic rings. The molecule has 3 nitrogen and oxygen atoms in total. The first-order chi connectivity index (χ1) is 12.4. The van der Waals surface area contributed by atoms with Gasteiger partial charge in [-0.15, -0.1) is 6.58 Å². The number of hydrogen-bond donors (Lipinski definition) is 1. The highest BCUT2D eigenvalue weighted by Crippen LogP contribution is 2.36. The van der Waals surface area contributed by atoms with Crippen LogP contribution in [0.1, 0.15) is 32.3 Å². The molecule has 0 atom stereocenters. The quantitative estimate of drug-likeness (QED) is 0.596. The lowest BCUT2D eigenvalue weighted by atomic mass is 9.75. The van der Waals surface area contributed by atoms with E-state index in [4.69, 9.17) is 0 Å². The first kappa shape index (κ1) is 18.1. The zero-order chi connectivity index (χ0) is 18.7. The van der Waals surface area contributed by atoms with Crippen molar-refractivity contribution in [1.29, 1.82) is 0 Å². The molecule has 0 unspecified atom stereocenters. The molecule has 3 heteroatoms. The highest BCUT2D eigenvalue weighted by Gasteiger charge is 2.35. The van der Waals surface area contributed by atoms with Crippen LogP contribution in [0.5, 0.6) is 0 Å². The number of rotatable bonds is 5. The second-order valence-corrected chi connectivity index (χ2v) is 7.65. The van der Waals surface area contributed by atoms with Gasteiger partial charge in [-0.25, -0.2) is 0 Å². The molecular formula is C23H25NO2. The van der Waals surface area contributed by atoms with Crippen LogP contribution in [0.4, 0.5) is 0 Å². The van der Waals surface area contributed by atoms with Gasteiger partial charge in [-0.3, -0.25) is 9.79 Å². The second kappa shape index (κ2) is 7.28. The average molecular weight is 347 g/mol. The van der Waals surface area contributed by atoms with Gasteiger partial charge in [0.15, 0.2) is 5.78 Å². The molecule has 0 aliphatic heterocycles. The van der Waals surface area contributed by atoms with Crippen molar-refractivity contribution in [1.82, 2.24) is 0 Å². The summed E-state index contributed by atoms with van der Waals surface area (Å²) >= 11 is 0. The Hall–Kier alpha value is -2.68. The number of Topliss-reactive ketones (excluding diaryl/α,β-unsaturated/α-hetero) is 1. The van der Waals surface area contributed by atoms with E-state index in [9.17, 15) is 9.90 Å². The summed E-state index contributed by atoms with van der Waals surface area (Å²) in [6.07, 6.45) is 3.14. The van der Waals surface area contributed by atoms with Gasteiger partial charge in [-0.2, -0.15) is 0 Å². The normalized spacial score (nSPS) is 17.6. The van der Waals surface area contributed by atoms with Crippen molar-refractivity contribution in [3.8, 4) is 0 Å². The van der Waals surface area contributed by atoms with E-state index in [1.807, 2.05) is 32.0 Å². The van der Waals surface area contributed by atoms with Crippen molar-refractivity contribution < 1.29 is 9.90 Å². The lowest BCUT2D eigenvalue weighted by molar-refractivity contribution is -0.117. The Kier molecular flexibility index (Phi) is 5.08. The first-order valence-corrected chi connectivity index (χ1v) is 8.98. The summed E-state index contributed by atoms with van der Waals surface area (Å²) in [7, 11) is 0. The van der Waals surface area contributed by atoms with Crippen molar-refractivity contribution in [3.05, 3.63) is 72.0 Å². The van der Waals surface area contributed by atoms with Crippen LogP contribution in [0, 0.1) is 5.41 Å². The van der Waals surface area contributed by atoms with Gasteiger partial charge in [0.1, 0.15) is 5.76 Å². The Morgan fingerprint density at radius 1 is 1.19 bits per heavy atom. The summed E-state index contributed by atoms with van der Waals surface area (Å²) in [5.41, 5.74) is 1.94. The zero-order valence-electron chi connectivity index (χ0n) is 15.5. The average Bonchev–Trinajstić information content (AvgIpc) is 2.58. The van der Waals surface area contributed by atoms with Gasteiger partial charge in [0.05, 0.1) is 17.8 Å². The summed E-state index contributed by atoms with van der Waals surface area (Å²) in [5, 5.41) is 12.9. The zero-order valence-corrected chi connectivity index (χ0v) is 15.5. The Balaban J connectivity index is 2.05. The van der Waals surface area contributed by atoms with Gasteiger partial charge in [0.25, 0.3) is 0 Å². The molecule has 2 aromatic carbocycles. The molecule has 0 aromatic heterocycles. The molecule has 0 amide bonds. The number of hydrogen-bond acceptors (Lipinski definition) is 3. The van der Waals surface area contributed by atoms with Crippen LogP contribution in [0.15, 0.2) is 71.4 Å². The molecule has 1 aliphatic carbocycles. The number of ketones is 1. The summed E-state index contributed by atoms with van der Waals surface area (Å²) in [6, 6.07) is 14.3. The van der Waals surface area contributed by atoms with Gasteiger partial charge < -0.3 is 5.11 Å². The fourth-order valence-electron chi connectivity index (χ4n) is 3.64. The van der Waals surface area contributed by atoms with Crippen LogP contribution in [-0.4, -0.2) is 23.1 Å². The van der Waals surface area contributed by atoms with Crippen LogP contribution >= 0.6 is 0 Å². The van der Waals surface area contributed by atoms with Crippen LogP contribution in [0.2, 0.25) is 0 Å². The molecule has 0 heterocycles. The molecule has 0 bridgehead atoms. The van der Waals surface area contributed by atoms with E-state index in [2.05, 4.69) is 35.8 Å². The van der Waals surface area contributed by atoms with E-state index in [1.165, 1.54) is 0 Å². The molecule has 26 heavy (non-hydrogen) atoms. The van der Waals surface area contributed by atoms with Gasteiger partial charge in [0, 0.05) is 19.3 Å². The van der Waals surface area contributed by atoms with Gasteiger partial charge in [-0.05, 0) is 21.8 Å². The summed E-state index contributed by atoms with van der Waals surface area (Å²) in [4.78, 5) is 17.3. The van der Waals surface area contributed by atoms with E-state index in [0.29, 0.717) is 37.1 Å². The molecule has 0 radical (unpaired) electrons. The van der Waals surface area contributed by atoms with E-state index in [1.54, 1.807) is 6.08 Å². The van der Waals surface area contributed by atoms with Gasteiger partial charge >= 0.3 is 0 Å². The van der Waals surface area contributed by atoms with Crippen molar-refractivity contribution in [3.63, 3.8) is 0 Å². The highest BCUT2D eigenvalue weighted by molar-refractivity contribution is 6.24. The highest BCUT2D eigenvalue weighted by atomic mass is 16.3. The summed E-state index contributed by atoms with van der Waals surface area (Å²) in [5.74, 6) is 0.135. The number of aliphatic imine (C=N–C) groups is 1. The number of allylic oxidation sites excluding steroid dienone is 2. The minimum Gasteiger partial charge on any atom is -0.511 e. The number of aliphatic hydroxyl groups is 1. The SMILES string of the molecule is C=CCN=C(Cc1cccc2ccccc12)C1=C(O)CC(C)(C)CC1=O. The van der Waals surface area contributed by atoms with Crippen molar-refractivity contribution >= 4 is 22.3 Å². The lowest BCUT2D eigenvalue weighted by Gasteiger charge is -2.30. The number of carbonyl (C=O) groups excluding carboxylic acids is 1. The minimum absolute atomic E-state index is 0.0261. The van der Waals surface area contributed by atoms with E-state index in [-0.39, 0.29) is 17.0 Å². The number of benzene rings is 2. The maximum Gasteiger partial charge on any atom is 0.168 e. The number of carbonyl (C=O) groups is 1. The number of aliphatic hydroxyl groups excluding tert-OH is 1.